The van der Waals surface area contributed by atoms with Crippen LogP contribution in [0.3, 0.4) is 0 Å². The summed E-state index contributed by atoms with van der Waals surface area (Å²) < 4.78 is 7.49. The molecular formula is C12H16N4O. The summed E-state index contributed by atoms with van der Waals surface area (Å²) in [4.78, 5) is 4.14. The van der Waals surface area contributed by atoms with Crippen LogP contribution in [0.1, 0.15) is 18.9 Å². The summed E-state index contributed by atoms with van der Waals surface area (Å²) in [7, 11) is 0. The molecule has 0 saturated carbocycles. The molecule has 2 aromatic heterocycles. The van der Waals surface area contributed by atoms with Crippen LogP contribution >= 0.6 is 0 Å². The molecule has 5 heteroatoms. The second-order valence-electron chi connectivity index (χ2n) is 3.93. The van der Waals surface area contributed by atoms with E-state index in [-0.39, 0.29) is 0 Å². The van der Waals surface area contributed by atoms with Crippen LogP contribution in [0, 0.1) is 6.92 Å². The molecule has 0 amide bonds. The van der Waals surface area contributed by atoms with Crippen molar-refractivity contribution in [1.82, 2.24) is 14.8 Å². The average molecular weight is 232 g/mol. The average Bonchev–Trinajstić information content (AvgIpc) is 2.71. The molecular weight excluding hydrogens is 216 g/mol. The van der Waals surface area contributed by atoms with Gasteiger partial charge in [0, 0.05) is 12.1 Å². The maximum Gasteiger partial charge on any atom is 0.222 e. The number of aromatic nitrogens is 3. The Balaban J connectivity index is 2.13. The van der Waals surface area contributed by atoms with Crippen molar-refractivity contribution in [3.63, 3.8) is 0 Å². The minimum absolute atomic E-state index is 0.565. The Bertz CT molecular complexity index is 507. The van der Waals surface area contributed by atoms with E-state index in [1.54, 1.807) is 12.4 Å². The smallest absolute Gasteiger partial charge is 0.222 e. The molecule has 0 fully saturated rings. The van der Waals surface area contributed by atoms with Crippen molar-refractivity contribution in [2.75, 3.05) is 5.73 Å². The van der Waals surface area contributed by atoms with Gasteiger partial charge in [-0.2, -0.15) is 5.10 Å². The van der Waals surface area contributed by atoms with E-state index in [0.29, 0.717) is 17.3 Å². The number of aryl methyl sites for hydroxylation is 2. The Kier molecular flexibility index (Phi) is 3.27. The number of pyridine rings is 1. The molecule has 2 aromatic rings. The molecule has 0 aliphatic carbocycles. The SMILES string of the molecule is CCCn1cc(Oc2ncc(N)cc2C)cn1. The number of ether oxygens (including phenoxy) is 1. The van der Waals surface area contributed by atoms with Gasteiger partial charge in [-0.05, 0) is 19.4 Å². The highest BCUT2D eigenvalue weighted by molar-refractivity contribution is 5.42. The molecule has 0 saturated heterocycles. The van der Waals surface area contributed by atoms with Gasteiger partial charge in [0.1, 0.15) is 0 Å². The number of nitrogens with zero attached hydrogens (tertiary/aromatic N) is 3. The van der Waals surface area contributed by atoms with Crippen LogP contribution in [0.5, 0.6) is 11.6 Å². The number of hydrogen-bond donors (Lipinski definition) is 1. The molecule has 0 unspecified atom stereocenters. The molecule has 0 atom stereocenters. The van der Waals surface area contributed by atoms with Crippen LogP contribution in [0.2, 0.25) is 0 Å². The Morgan fingerprint density at radius 1 is 1.41 bits per heavy atom. The molecule has 2 rings (SSSR count). The van der Waals surface area contributed by atoms with Crippen LogP contribution in [0.4, 0.5) is 5.69 Å². The van der Waals surface area contributed by atoms with Crippen molar-refractivity contribution in [3.8, 4) is 11.6 Å². The van der Waals surface area contributed by atoms with Gasteiger partial charge < -0.3 is 10.5 Å². The predicted molar refractivity (Wildman–Crippen MR) is 66.0 cm³/mol. The summed E-state index contributed by atoms with van der Waals surface area (Å²) >= 11 is 0. The molecule has 0 radical (unpaired) electrons. The van der Waals surface area contributed by atoms with Crippen molar-refractivity contribution in [2.24, 2.45) is 0 Å². The normalized spacial score (nSPS) is 10.5. The van der Waals surface area contributed by atoms with Crippen LogP contribution in [0.15, 0.2) is 24.7 Å². The lowest BCUT2D eigenvalue weighted by Crippen LogP contribution is -1.96. The standard InChI is InChI=1S/C12H16N4O/c1-3-4-16-8-11(7-15-16)17-12-9(2)5-10(13)6-14-12/h5-8H,3-4,13H2,1-2H3. The number of nitrogen functional groups attached to an aromatic ring is 1. The Hall–Kier alpha value is -2.04. The van der Waals surface area contributed by atoms with E-state index in [2.05, 4.69) is 17.0 Å². The second kappa shape index (κ2) is 4.86. The van der Waals surface area contributed by atoms with E-state index >= 15 is 0 Å². The highest BCUT2D eigenvalue weighted by Crippen LogP contribution is 2.23. The van der Waals surface area contributed by atoms with Gasteiger partial charge in [-0.25, -0.2) is 4.98 Å². The van der Waals surface area contributed by atoms with E-state index in [0.717, 1.165) is 18.5 Å². The third kappa shape index (κ3) is 2.75. The molecule has 0 spiro atoms. The first-order chi connectivity index (χ1) is 8.19. The van der Waals surface area contributed by atoms with Gasteiger partial charge in [0.15, 0.2) is 5.75 Å². The summed E-state index contributed by atoms with van der Waals surface area (Å²) in [5, 5.41) is 4.19. The molecule has 0 aromatic carbocycles. The third-order valence-electron chi connectivity index (χ3n) is 2.33. The van der Waals surface area contributed by atoms with Crippen LogP contribution in [-0.4, -0.2) is 14.8 Å². The number of nitrogens with two attached hydrogens (primary N) is 1. The van der Waals surface area contributed by atoms with Crippen molar-refractivity contribution in [3.05, 3.63) is 30.2 Å². The Morgan fingerprint density at radius 2 is 2.24 bits per heavy atom. The molecule has 2 N–H and O–H groups in total. The monoisotopic (exact) mass is 232 g/mol. The van der Waals surface area contributed by atoms with Crippen LogP contribution in [0.25, 0.3) is 0 Å². The fourth-order valence-electron chi connectivity index (χ4n) is 1.55. The zero-order valence-corrected chi connectivity index (χ0v) is 10.1. The predicted octanol–water partition coefficient (Wildman–Crippen LogP) is 2.37. The van der Waals surface area contributed by atoms with Gasteiger partial charge in [0.05, 0.1) is 24.3 Å². The van der Waals surface area contributed by atoms with E-state index in [9.17, 15) is 0 Å². The largest absolute Gasteiger partial charge is 0.435 e. The lowest BCUT2D eigenvalue weighted by molar-refractivity contribution is 0.457. The van der Waals surface area contributed by atoms with Gasteiger partial charge in [0.2, 0.25) is 5.88 Å². The fourth-order valence-corrected chi connectivity index (χ4v) is 1.55. The fraction of sp³-hybridized carbons (Fsp3) is 0.333. The first-order valence-electron chi connectivity index (χ1n) is 5.61. The molecule has 0 aliphatic heterocycles. The maximum atomic E-state index is 5.64. The zero-order valence-electron chi connectivity index (χ0n) is 10.1. The Labute approximate surface area is 100 Å². The van der Waals surface area contributed by atoms with Gasteiger partial charge >= 0.3 is 0 Å². The summed E-state index contributed by atoms with van der Waals surface area (Å²) in [5.74, 6) is 1.26. The van der Waals surface area contributed by atoms with Gasteiger partial charge in [0.25, 0.3) is 0 Å². The molecule has 0 bridgehead atoms. The van der Waals surface area contributed by atoms with E-state index < -0.39 is 0 Å². The van der Waals surface area contributed by atoms with Gasteiger partial charge in [-0.1, -0.05) is 6.92 Å². The van der Waals surface area contributed by atoms with Crippen molar-refractivity contribution in [1.29, 1.82) is 0 Å². The van der Waals surface area contributed by atoms with Crippen molar-refractivity contribution >= 4 is 5.69 Å². The molecule has 2 heterocycles. The number of hydrogen-bond acceptors (Lipinski definition) is 4. The third-order valence-corrected chi connectivity index (χ3v) is 2.33. The minimum atomic E-state index is 0.565. The van der Waals surface area contributed by atoms with Crippen molar-refractivity contribution < 1.29 is 4.74 Å². The zero-order chi connectivity index (χ0) is 12.3. The lowest BCUT2D eigenvalue weighted by atomic mass is 10.3. The van der Waals surface area contributed by atoms with E-state index in [1.807, 2.05) is 23.9 Å². The van der Waals surface area contributed by atoms with E-state index in [4.69, 9.17) is 10.5 Å². The van der Waals surface area contributed by atoms with E-state index in [1.165, 1.54) is 0 Å². The summed E-state index contributed by atoms with van der Waals surface area (Å²) in [6, 6.07) is 1.83. The number of rotatable bonds is 4. The first kappa shape index (κ1) is 11.4. The maximum absolute atomic E-state index is 5.64. The van der Waals surface area contributed by atoms with Crippen LogP contribution < -0.4 is 10.5 Å². The lowest BCUT2D eigenvalue weighted by Gasteiger charge is -2.05. The molecule has 90 valence electrons. The first-order valence-corrected chi connectivity index (χ1v) is 5.61. The Morgan fingerprint density at radius 3 is 2.94 bits per heavy atom. The summed E-state index contributed by atoms with van der Waals surface area (Å²) in [5.41, 5.74) is 7.18. The topological polar surface area (TPSA) is 66.0 Å². The number of anilines is 1. The minimum Gasteiger partial charge on any atom is -0.435 e. The second-order valence-corrected chi connectivity index (χ2v) is 3.93. The highest BCUT2D eigenvalue weighted by Gasteiger charge is 2.05. The molecule has 0 aliphatic rings. The van der Waals surface area contributed by atoms with Gasteiger partial charge in [-0.15, -0.1) is 0 Å². The molecule has 17 heavy (non-hydrogen) atoms. The highest BCUT2D eigenvalue weighted by atomic mass is 16.5. The summed E-state index contributed by atoms with van der Waals surface area (Å²) in [6.45, 7) is 4.90. The molecule has 5 nitrogen and oxygen atoms in total. The van der Waals surface area contributed by atoms with Crippen molar-refractivity contribution in [2.45, 2.75) is 26.8 Å². The quantitative estimate of drug-likeness (QED) is 0.878. The van der Waals surface area contributed by atoms with Gasteiger partial charge in [-0.3, -0.25) is 4.68 Å². The van der Waals surface area contributed by atoms with Crippen LogP contribution in [-0.2, 0) is 6.54 Å². The summed E-state index contributed by atoms with van der Waals surface area (Å²) in [6.07, 6.45) is 6.17.